The van der Waals surface area contributed by atoms with Crippen molar-refractivity contribution in [2.24, 2.45) is 0 Å². The van der Waals surface area contributed by atoms with Crippen LogP contribution in [0.4, 0.5) is 5.69 Å². The third kappa shape index (κ3) is 5.02. The number of hydrogen-bond acceptors (Lipinski definition) is 4. The van der Waals surface area contributed by atoms with Crippen LogP contribution in [0.1, 0.15) is 12.0 Å². The molecule has 1 aromatic rings. The van der Waals surface area contributed by atoms with Gasteiger partial charge in [-0.2, -0.15) is 0 Å². The van der Waals surface area contributed by atoms with Gasteiger partial charge in [0.1, 0.15) is 0 Å². The van der Waals surface area contributed by atoms with Gasteiger partial charge < -0.3 is 15.4 Å². The molecule has 1 aromatic carbocycles. The number of rotatable bonds is 5. The van der Waals surface area contributed by atoms with E-state index in [2.05, 4.69) is 4.90 Å². The van der Waals surface area contributed by atoms with Crippen molar-refractivity contribution in [3.8, 4) is 0 Å². The number of ether oxygens (including phenoxy) is 1. The lowest BCUT2D eigenvalue weighted by atomic mass is 10.1. The van der Waals surface area contributed by atoms with Crippen LogP contribution in [0.5, 0.6) is 0 Å². The first-order chi connectivity index (χ1) is 10.2. The smallest absolute Gasteiger partial charge is 0.227 e. The largest absolute Gasteiger partial charge is 0.399 e. The molecule has 1 aliphatic heterocycles. The van der Waals surface area contributed by atoms with Crippen LogP contribution in [0.2, 0.25) is 0 Å². The molecule has 0 bridgehead atoms. The number of nitrogens with two attached hydrogens (primary N) is 1. The Morgan fingerprint density at radius 3 is 2.67 bits per heavy atom. The minimum atomic E-state index is 0.202. The first-order valence-electron chi connectivity index (χ1n) is 7.52. The highest BCUT2D eigenvalue weighted by Crippen LogP contribution is 2.09. The molecule has 0 radical (unpaired) electrons. The Morgan fingerprint density at radius 2 is 1.95 bits per heavy atom. The maximum atomic E-state index is 12.4. The number of nitrogen functional groups attached to an aromatic ring is 1. The van der Waals surface area contributed by atoms with Crippen LogP contribution in [-0.4, -0.2) is 62.1 Å². The predicted molar refractivity (Wildman–Crippen MR) is 84.1 cm³/mol. The number of amides is 1. The Kier molecular flexibility index (Phi) is 6.02. The number of nitrogens with zero attached hydrogens (tertiary/aromatic N) is 2. The molecule has 1 saturated heterocycles. The zero-order valence-corrected chi connectivity index (χ0v) is 12.8. The zero-order chi connectivity index (χ0) is 15.1. The Hall–Kier alpha value is -1.59. The molecular weight excluding hydrogens is 266 g/mol. The molecule has 1 aliphatic rings. The molecule has 0 spiro atoms. The number of carbonyl (C=O) groups is 1. The quantitative estimate of drug-likeness (QED) is 0.822. The van der Waals surface area contributed by atoms with E-state index in [-0.39, 0.29) is 5.91 Å². The lowest BCUT2D eigenvalue weighted by molar-refractivity contribution is -0.130. The standard InChI is InChI=1S/C16H25N3O2/c1-21-12-11-18-7-2-8-19(10-9-18)16(20)13-14-3-5-15(17)6-4-14/h3-6H,2,7-13,17H2,1H3. The summed E-state index contributed by atoms with van der Waals surface area (Å²) < 4.78 is 5.12. The number of carbonyl (C=O) groups excluding carboxylic acids is 1. The normalized spacial score (nSPS) is 16.7. The van der Waals surface area contributed by atoms with Gasteiger partial charge in [-0.25, -0.2) is 0 Å². The summed E-state index contributed by atoms with van der Waals surface area (Å²) in [5.74, 6) is 0.202. The van der Waals surface area contributed by atoms with E-state index in [1.165, 1.54) is 0 Å². The van der Waals surface area contributed by atoms with Gasteiger partial charge in [0.05, 0.1) is 13.0 Å². The van der Waals surface area contributed by atoms with Gasteiger partial charge >= 0.3 is 0 Å². The van der Waals surface area contributed by atoms with Crippen LogP contribution in [0, 0.1) is 0 Å². The molecule has 1 heterocycles. The summed E-state index contributed by atoms with van der Waals surface area (Å²) in [7, 11) is 1.72. The van der Waals surface area contributed by atoms with Crippen molar-refractivity contribution < 1.29 is 9.53 Å². The molecule has 0 aliphatic carbocycles. The van der Waals surface area contributed by atoms with Crippen molar-refractivity contribution in [3.05, 3.63) is 29.8 Å². The Bertz CT molecular complexity index is 447. The van der Waals surface area contributed by atoms with Crippen molar-refractivity contribution in [1.82, 2.24) is 9.80 Å². The summed E-state index contributed by atoms with van der Waals surface area (Å²) in [4.78, 5) is 16.7. The van der Waals surface area contributed by atoms with E-state index in [1.807, 2.05) is 29.2 Å². The first kappa shape index (κ1) is 15.8. The van der Waals surface area contributed by atoms with Gasteiger partial charge in [0.25, 0.3) is 0 Å². The molecular formula is C16H25N3O2. The van der Waals surface area contributed by atoms with Gasteiger partial charge in [-0.1, -0.05) is 12.1 Å². The highest BCUT2D eigenvalue weighted by Gasteiger charge is 2.18. The molecule has 2 N–H and O–H groups in total. The maximum absolute atomic E-state index is 12.4. The van der Waals surface area contributed by atoms with Crippen molar-refractivity contribution in [2.75, 3.05) is 52.2 Å². The highest BCUT2D eigenvalue weighted by atomic mass is 16.5. The molecule has 5 heteroatoms. The highest BCUT2D eigenvalue weighted by molar-refractivity contribution is 5.79. The van der Waals surface area contributed by atoms with Crippen LogP contribution in [0.3, 0.4) is 0 Å². The molecule has 0 atom stereocenters. The van der Waals surface area contributed by atoms with Crippen LogP contribution in [-0.2, 0) is 16.0 Å². The third-order valence-corrected chi connectivity index (χ3v) is 3.89. The van der Waals surface area contributed by atoms with E-state index >= 15 is 0 Å². The van der Waals surface area contributed by atoms with Gasteiger partial charge in [-0.15, -0.1) is 0 Å². The zero-order valence-electron chi connectivity index (χ0n) is 12.8. The van der Waals surface area contributed by atoms with Crippen molar-refractivity contribution in [2.45, 2.75) is 12.8 Å². The van der Waals surface area contributed by atoms with Crippen LogP contribution >= 0.6 is 0 Å². The molecule has 116 valence electrons. The van der Waals surface area contributed by atoms with Gasteiger partial charge in [0.15, 0.2) is 0 Å². The number of hydrogen-bond donors (Lipinski definition) is 1. The van der Waals surface area contributed by atoms with Crippen molar-refractivity contribution >= 4 is 11.6 Å². The predicted octanol–water partition coefficient (Wildman–Crippen LogP) is 0.992. The minimum Gasteiger partial charge on any atom is -0.399 e. The molecule has 0 aromatic heterocycles. The molecule has 1 amide bonds. The number of anilines is 1. The average Bonchev–Trinajstić information content (AvgIpc) is 2.73. The van der Waals surface area contributed by atoms with Crippen molar-refractivity contribution in [1.29, 1.82) is 0 Å². The van der Waals surface area contributed by atoms with Crippen molar-refractivity contribution in [3.63, 3.8) is 0 Å². The monoisotopic (exact) mass is 291 g/mol. The second-order valence-corrected chi connectivity index (χ2v) is 5.49. The van der Waals surface area contributed by atoms with E-state index in [0.717, 1.165) is 57.0 Å². The molecule has 0 saturated carbocycles. The van der Waals surface area contributed by atoms with E-state index in [1.54, 1.807) is 7.11 Å². The summed E-state index contributed by atoms with van der Waals surface area (Å²) >= 11 is 0. The summed E-state index contributed by atoms with van der Waals surface area (Å²) in [6.45, 7) is 5.30. The summed E-state index contributed by atoms with van der Waals surface area (Å²) in [5, 5.41) is 0. The van der Waals surface area contributed by atoms with Gasteiger partial charge in [0.2, 0.25) is 5.91 Å². The summed E-state index contributed by atoms with van der Waals surface area (Å²) in [6, 6.07) is 7.54. The van der Waals surface area contributed by atoms with E-state index in [4.69, 9.17) is 10.5 Å². The second-order valence-electron chi connectivity index (χ2n) is 5.49. The fraction of sp³-hybridized carbons (Fsp3) is 0.562. The van der Waals surface area contributed by atoms with Crippen LogP contribution < -0.4 is 5.73 Å². The van der Waals surface area contributed by atoms with E-state index in [9.17, 15) is 4.79 Å². The topological polar surface area (TPSA) is 58.8 Å². The number of benzene rings is 1. The second kappa shape index (κ2) is 8.00. The molecule has 0 unspecified atom stereocenters. The summed E-state index contributed by atoms with van der Waals surface area (Å²) in [5.41, 5.74) is 7.42. The average molecular weight is 291 g/mol. The van der Waals surface area contributed by atoms with Gasteiger partial charge in [-0.05, 0) is 30.7 Å². The molecule has 2 rings (SSSR count). The Morgan fingerprint density at radius 1 is 1.19 bits per heavy atom. The maximum Gasteiger partial charge on any atom is 0.227 e. The van der Waals surface area contributed by atoms with E-state index < -0.39 is 0 Å². The molecule has 5 nitrogen and oxygen atoms in total. The number of methoxy groups -OCH3 is 1. The summed E-state index contributed by atoms with van der Waals surface area (Å²) in [6.07, 6.45) is 1.48. The minimum absolute atomic E-state index is 0.202. The SMILES string of the molecule is COCCN1CCCN(C(=O)Cc2ccc(N)cc2)CC1. The lowest BCUT2D eigenvalue weighted by Gasteiger charge is -2.22. The fourth-order valence-corrected chi connectivity index (χ4v) is 2.59. The first-order valence-corrected chi connectivity index (χ1v) is 7.52. The van der Waals surface area contributed by atoms with Crippen LogP contribution in [0.15, 0.2) is 24.3 Å². The molecule has 21 heavy (non-hydrogen) atoms. The Labute approximate surface area is 126 Å². The van der Waals surface area contributed by atoms with Gasteiger partial charge in [-0.3, -0.25) is 9.69 Å². The van der Waals surface area contributed by atoms with E-state index in [0.29, 0.717) is 6.42 Å². The van der Waals surface area contributed by atoms with Crippen LogP contribution in [0.25, 0.3) is 0 Å². The Balaban J connectivity index is 1.83. The lowest BCUT2D eigenvalue weighted by Crippen LogP contribution is -2.36. The third-order valence-electron chi connectivity index (χ3n) is 3.89. The molecule has 1 fully saturated rings. The fourth-order valence-electron chi connectivity index (χ4n) is 2.59. The van der Waals surface area contributed by atoms with Gasteiger partial charge in [0, 0.05) is 39.0 Å².